The van der Waals surface area contributed by atoms with E-state index in [0.717, 1.165) is 27.5 Å². The van der Waals surface area contributed by atoms with E-state index in [1.165, 1.54) is 6.07 Å². The fourth-order valence-electron chi connectivity index (χ4n) is 3.14. The van der Waals surface area contributed by atoms with E-state index >= 15 is 0 Å². The van der Waals surface area contributed by atoms with Crippen molar-refractivity contribution in [2.45, 2.75) is 20.3 Å². The van der Waals surface area contributed by atoms with Gasteiger partial charge in [-0.25, -0.2) is 4.79 Å². The lowest BCUT2D eigenvalue weighted by molar-refractivity contribution is 0.464. The molecule has 0 bridgehead atoms. The van der Waals surface area contributed by atoms with Gasteiger partial charge in [0.25, 0.3) is 0 Å². The van der Waals surface area contributed by atoms with Crippen LogP contribution in [0.25, 0.3) is 33.3 Å². The Labute approximate surface area is 138 Å². The van der Waals surface area contributed by atoms with Crippen molar-refractivity contribution < 1.29 is 13.9 Å². The maximum atomic E-state index is 12.0. The summed E-state index contributed by atoms with van der Waals surface area (Å²) in [6, 6.07) is 12.7. The molecule has 4 heteroatoms. The minimum atomic E-state index is -0.458. The van der Waals surface area contributed by atoms with E-state index in [1.807, 2.05) is 50.2 Å². The molecule has 0 fully saturated rings. The third kappa shape index (κ3) is 2.11. The van der Waals surface area contributed by atoms with Crippen LogP contribution in [0.5, 0.6) is 5.75 Å². The molecule has 0 atom stereocenters. The SMILES string of the molecule is CCc1cc(-c2oc(=O)cc3oc4ccccc4c23)cc(C)c1O. The fraction of sp³-hybridized carbons (Fsp3) is 0.150. The first-order valence-electron chi connectivity index (χ1n) is 7.86. The van der Waals surface area contributed by atoms with Gasteiger partial charge in [-0.1, -0.05) is 25.1 Å². The van der Waals surface area contributed by atoms with Crippen LogP contribution in [-0.4, -0.2) is 5.11 Å². The predicted octanol–water partition coefficient (Wildman–Crippen LogP) is 4.78. The smallest absolute Gasteiger partial charge is 0.340 e. The number of hydrogen-bond acceptors (Lipinski definition) is 4. The Balaban J connectivity index is 2.14. The molecule has 2 aromatic heterocycles. The Morgan fingerprint density at radius 1 is 1.04 bits per heavy atom. The topological polar surface area (TPSA) is 63.6 Å². The summed E-state index contributed by atoms with van der Waals surface area (Å²) in [5, 5.41) is 11.8. The summed E-state index contributed by atoms with van der Waals surface area (Å²) in [4.78, 5) is 12.0. The van der Waals surface area contributed by atoms with Crippen LogP contribution in [0, 0.1) is 6.92 Å². The highest BCUT2D eigenvalue weighted by atomic mass is 16.4. The highest BCUT2D eigenvalue weighted by Crippen LogP contribution is 2.37. The summed E-state index contributed by atoms with van der Waals surface area (Å²) < 4.78 is 11.3. The van der Waals surface area contributed by atoms with E-state index in [0.29, 0.717) is 23.3 Å². The third-order valence-electron chi connectivity index (χ3n) is 4.32. The van der Waals surface area contributed by atoms with Gasteiger partial charge in [0.15, 0.2) is 0 Å². The van der Waals surface area contributed by atoms with Crippen LogP contribution in [0.4, 0.5) is 0 Å². The van der Waals surface area contributed by atoms with Gasteiger partial charge in [-0.2, -0.15) is 0 Å². The average Bonchev–Trinajstić information content (AvgIpc) is 2.94. The summed E-state index contributed by atoms with van der Waals surface area (Å²) in [6.07, 6.45) is 0.687. The lowest BCUT2D eigenvalue weighted by Crippen LogP contribution is -1.98. The predicted molar refractivity (Wildman–Crippen MR) is 93.5 cm³/mol. The van der Waals surface area contributed by atoms with Crippen LogP contribution in [0.1, 0.15) is 18.1 Å². The molecule has 24 heavy (non-hydrogen) atoms. The molecule has 0 saturated heterocycles. The molecule has 0 spiro atoms. The van der Waals surface area contributed by atoms with Gasteiger partial charge in [-0.3, -0.25) is 0 Å². The van der Waals surface area contributed by atoms with E-state index < -0.39 is 5.63 Å². The molecule has 0 aliphatic rings. The second kappa shape index (κ2) is 5.27. The number of fused-ring (bicyclic) bond motifs is 3. The lowest BCUT2D eigenvalue weighted by atomic mass is 9.99. The quantitative estimate of drug-likeness (QED) is 0.577. The second-order valence-corrected chi connectivity index (χ2v) is 5.89. The van der Waals surface area contributed by atoms with Gasteiger partial charge >= 0.3 is 5.63 Å². The molecule has 4 nitrogen and oxygen atoms in total. The van der Waals surface area contributed by atoms with Crippen molar-refractivity contribution >= 4 is 21.9 Å². The number of phenolic OH excluding ortho intramolecular Hbond substituents is 1. The molecule has 4 aromatic rings. The third-order valence-corrected chi connectivity index (χ3v) is 4.32. The van der Waals surface area contributed by atoms with Crippen LogP contribution in [0.15, 0.2) is 56.1 Å². The molecule has 0 unspecified atom stereocenters. The van der Waals surface area contributed by atoms with Gasteiger partial charge in [0.05, 0.1) is 11.5 Å². The molecular weight excluding hydrogens is 304 g/mol. The zero-order valence-electron chi connectivity index (χ0n) is 13.4. The Kier molecular flexibility index (Phi) is 3.20. The van der Waals surface area contributed by atoms with Crippen molar-refractivity contribution in [2.75, 3.05) is 0 Å². The summed E-state index contributed by atoms with van der Waals surface area (Å²) in [7, 11) is 0. The molecule has 0 amide bonds. The number of para-hydroxylation sites is 1. The maximum Gasteiger partial charge on any atom is 0.340 e. The van der Waals surface area contributed by atoms with Gasteiger partial charge in [0.1, 0.15) is 22.7 Å². The van der Waals surface area contributed by atoms with Gasteiger partial charge in [-0.15, -0.1) is 0 Å². The normalized spacial score (nSPS) is 11.4. The van der Waals surface area contributed by atoms with Crippen molar-refractivity contribution in [3.05, 3.63) is 64.0 Å². The lowest BCUT2D eigenvalue weighted by Gasteiger charge is -2.09. The molecule has 1 N–H and O–H groups in total. The van der Waals surface area contributed by atoms with Gasteiger partial charge in [-0.05, 0) is 42.7 Å². The van der Waals surface area contributed by atoms with Crippen molar-refractivity contribution in [1.29, 1.82) is 0 Å². The summed E-state index contributed by atoms with van der Waals surface area (Å²) >= 11 is 0. The van der Waals surface area contributed by atoms with Crippen LogP contribution >= 0.6 is 0 Å². The number of furan rings is 1. The summed E-state index contributed by atoms with van der Waals surface area (Å²) in [5.74, 6) is 0.757. The standard InChI is InChI=1S/C20H16O4/c1-3-12-9-13(8-11(2)19(12)22)20-18-14-6-4-5-7-15(14)23-16(18)10-17(21)24-20/h4-10,22H,3H2,1-2H3. The number of rotatable bonds is 2. The van der Waals surface area contributed by atoms with Gasteiger partial charge in [0, 0.05) is 10.9 Å². The Morgan fingerprint density at radius 2 is 1.83 bits per heavy atom. The van der Waals surface area contributed by atoms with Crippen molar-refractivity contribution in [1.82, 2.24) is 0 Å². The minimum absolute atomic E-state index is 0.285. The molecule has 0 aliphatic heterocycles. The molecule has 2 aromatic carbocycles. The second-order valence-electron chi connectivity index (χ2n) is 5.89. The van der Waals surface area contributed by atoms with Crippen LogP contribution in [-0.2, 0) is 6.42 Å². The van der Waals surface area contributed by atoms with Crippen LogP contribution in [0.3, 0.4) is 0 Å². The van der Waals surface area contributed by atoms with Crippen molar-refractivity contribution in [3.8, 4) is 17.1 Å². The van der Waals surface area contributed by atoms with E-state index in [9.17, 15) is 9.90 Å². The Hall–Kier alpha value is -3.01. The summed E-state index contributed by atoms with van der Waals surface area (Å²) in [6.45, 7) is 3.81. The van der Waals surface area contributed by atoms with E-state index in [4.69, 9.17) is 8.83 Å². The zero-order chi connectivity index (χ0) is 16.8. The van der Waals surface area contributed by atoms with E-state index in [1.54, 1.807) is 0 Å². The van der Waals surface area contributed by atoms with E-state index in [-0.39, 0.29) is 5.75 Å². The number of aryl methyl sites for hydroxylation is 2. The molecular formula is C20H16O4. The molecule has 120 valence electrons. The first kappa shape index (κ1) is 14.6. The van der Waals surface area contributed by atoms with Gasteiger partial charge in [0.2, 0.25) is 0 Å². The number of aromatic hydroxyl groups is 1. The molecule has 2 heterocycles. The Morgan fingerprint density at radius 3 is 2.62 bits per heavy atom. The largest absolute Gasteiger partial charge is 0.507 e. The van der Waals surface area contributed by atoms with Crippen LogP contribution in [0.2, 0.25) is 0 Å². The monoisotopic (exact) mass is 320 g/mol. The average molecular weight is 320 g/mol. The Bertz CT molecular complexity index is 1130. The van der Waals surface area contributed by atoms with Crippen molar-refractivity contribution in [2.24, 2.45) is 0 Å². The van der Waals surface area contributed by atoms with Gasteiger partial charge < -0.3 is 13.9 Å². The maximum absolute atomic E-state index is 12.0. The number of benzene rings is 2. The summed E-state index contributed by atoms with van der Waals surface area (Å²) in [5.41, 5.74) is 3.08. The molecule has 4 rings (SSSR count). The van der Waals surface area contributed by atoms with Crippen LogP contribution < -0.4 is 5.63 Å². The molecule has 0 radical (unpaired) electrons. The number of hydrogen-bond donors (Lipinski definition) is 1. The highest BCUT2D eigenvalue weighted by Gasteiger charge is 2.17. The highest BCUT2D eigenvalue weighted by molar-refractivity contribution is 6.10. The van der Waals surface area contributed by atoms with Crippen molar-refractivity contribution in [3.63, 3.8) is 0 Å². The molecule has 0 aliphatic carbocycles. The molecule has 0 saturated carbocycles. The fourth-order valence-corrected chi connectivity index (χ4v) is 3.14. The van der Waals surface area contributed by atoms with E-state index in [2.05, 4.69) is 0 Å². The minimum Gasteiger partial charge on any atom is -0.507 e. The number of phenols is 1. The zero-order valence-corrected chi connectivity index (χ0v) is 13.4. The first-order chi connectivity index (χ1) is 11.6. The first-order valence-corrected chi connectivity index (χ1v) is 7.86.